The monoisotopic (exact) mass is 800 g/mol. The number of nitrogens with zero attached hydrogens (tertiary/aromatic N) is 2. The van der Waals surface area contributed by atoms with Crippen LogP contribution in [0.3, 0.4) is 0 Å². The number of hydrogen-bond donors (Lipinski definition) is 3. The van der Waals surface area contributed by atoms with Crippen LogP contribution in [-0.2, 0) is 38.3 Å². The summed E-state index contributed by atoms with van der Waals surface area (Å²) in [5, 5.41) is 0. The Bertz CT molecular complexity index is 2350. The highest BCUT2D eigenvalue weighted by molar-refractivity contribution is 6.02. The number of fused-ring (bicyclic) bond motifs is 8. The smallest absolute Gasteiger partial charge is 0.306 e. The second-order valence-electron chi connectivity index (χ2n) is 16.3. The van der Waals surface area contributed by atoms with Crippen molar-refractivity contribution in [2.24, 2.45) is 0 Å². The summed E-state index contributed by atoms with van der Waals surface area (Å²) < 4.78 is 11.2. The number of carbonyl (C=O) groups excluding carboxylic acids is 2. The number of aromatic nitrogens is 5. The molecule has 6 rings (SSSR count). The van der Waals surface area contributed by atoms with E-state index in [0.29, 0.717) is 26.1 Å². The summed E-state index contributed by atoms with van der Waals surface area (Å²) in [6.45, 7) is 24.7. The van der Waals surface area contributed by atoms with Crippen LogP contribution in [0.2, 0.25) is 0 Å². The van der Waals surface area contributed by atoms with Gasteiger partial charge in [-0.05, 0) is 160 Å². The first kappa shape index (κ1) is 43.4. The number of carbonyl (C=O) groups is 2. The van der Waals surface area contributed by atoms with Crippen molar-refractivity contribution in [3.63, 3.8) is 0 Å². The second kappa shape index (κ2) is 18.8. The zero-order valence-electron chi connectivity index (χ0n) is 37.5. The molecule has 0 saturated carbocycles. The van der Waals surface area contributed by atoms with Gasteiger partial charge in [-0.1, -0.05) is 47.5 Å². The fourth-order valence-corrected chi connectivity index (χ4v) is 8.90. The quantitative estimate of drug-likeness (QED) is 0.0765. The Kier molecular flexibility index (Phi) is 13.8. The molecule has 8 bridgehead atoms. The van der Waals surface area contributed by atoms with Crippen LogP contribution in [0.25, 0.3) is 55.6 Å². The Labute approximate surface area is 350 Å². The van der Waals surface area contributed by atoms with Crippen molar-refractivity contribution in [3.05, 3.63) is 80.0 Å². The van der Waals surface area contributed by atoms with E-state index < -0.39 is 0 Å². The van der Waals surface area contributed by atoms with Crippen LogP contribution in [0.4, 0.5) is 0 Å². The van der Waals surface area contributed by atoms with Gasteiger partial charge in [0.2, 0.25) is 0 Å². The molecule has 2 aliphatic heterocycles. The van der Waals surface area contributed by atoms with E-state index in [-0.39, 0.29) is 24.8 Å². The lowest BCUT2D eigenvalue weighted by atomic mass is 9.92. The van der Waals surface area contributed by atoms with Gasteiger partial charge in [-0.25, -0.2) is 9.97 Å². The number of ether oxygens (including phenoxy) is 2. The van der Waals surface area contributed by atoms with Crippen LogP contribution in [0.1, 0.15) is 162 Å². The number of aryl methyl sites for hydroxylation is 5. The second-order valence-corrected chi connectivity index (χ2v) is 16.3. The highest BCUT2D eigenvalue weighted by Gasteiger charge is 2.29. The molecule has 0 unspecified atom stereocenters. The van der Waals surface area contributed by atoms with Gasteiger partial charge in [0.05, 0.1) is 47.2 Å². The van der Waals surface area contributed by atoms with Crippen LogP contribution < -0.4 is 0 Å². The van der Waals surface area contributed by atoms with Crippen LogP contribution in [0.5, 0.6) is 0 Å². The molecule has 0 aromatic carbocycles. The van der Waals surface area contributed by atoms with Crippen molar-refractivity contribution in [1.29, 1.82) is 0 Å². The summed E-state index contributed by atoms with van der Waals surface area (Å²) in [5.74, 6) is -0.385. The topological polar surface area (TPSA) is 126 Å². The average Bonchev–Trinajstić information content (AvgIpc) is 3.95. The SMILES string of the molecule is CCCCOC(=O)CCc1c(C)c2cc3nc(c(-c4[nH]c(C)c(CC)c4C)c4nc(cc5[nH]c(cc1[nH]2)c(CCC(=O)OCCCC)c5C)C(C)=C4CC)C(CC)=C3C. The number of nitrogens with one attached hydrogen (secondary N) is 3. The Hall–Kier alpha value is -5.18. The Morgan fingerprint density at radius 3 is 1.41 bits per heavy atom. The minimum atomic E-state index is -0.193. The average molecular weight is 800 g/mol. The first-order valence-electron chi connectivity index (χ1n) is 22.0. The lowest BCUT2D eigenvalue weighted by Gasteiger charge is -2.12. The molecule has 59 heavy (non-hydrogen) atoms. The van der Waals surface area contributed by atoms with Gasteiger partial charge >= 0.3 is 11.9 Å². The fourth-order valence-electron chi connectivity index (χ4n) is 8.90. The molecule has 0 fully saturated rings. The minimum Gasteiger partial charge on any atom is -0.466 e. The third kappa shape index (κ3) is 8.76. The number of rotatable bonds is 16. The molecule has 9 nitrogen and oxygen atoms in total. The Morgan fingerprint density at radius 2 is 1.02 bits per heavy atom. The lowest BCUT2D eigenvalue weighted by Crippen LogP contribution is -2.07. The van der Waals surface area contributed by atoms with Gasteiger partial charge in [0.25, 0.3) is 0 Å². The molecule has 2 aliphatic rings. The fraction of sp³-hybridized carbons (Fsp3) is 0.480. The highest BCUT2D eigenvalue weighted by atomic mass is 16.5. The predicted molar refractivity (Wildman–Crippen MR) is 243 cm³/mol. The number of allylic oxidation sites excluding steroid dienone is 4. The molecule has 0 spiro atoms. The number of aromatic amines is 3. The number of H-pyrrole nitrogens is 3. The van der Waals surface area contributed by atoms with Crippen molar-refractivity contribution >= 4 is 56.3 Å². The largest absolute Gasteiger partial charge is 0.466 e. The molecule has 9 heteroatoms. The molecule has 4 aromatic rings. The zero-order chi connectivity index (χ0) is 42.5. The summed E-state index contributed by atoms with van der Waals surface area (Å²) in [6.07, 6.45) is 7.80. The van der Waals surface area contributed by atoms with Gasteiger partial charge in [0.15, 0.2) is 0 Å². The van der Waals surface area contributed by atoms with E-state index in [1.165, 1.54) is 28.0 Å². The van der Waals surface area contributed by atoms with Crippen molar-refractivity contribution in [2.75, 3.05) is 13.2 Å². The van der Waals surface area contributed by atoms with E-state index in [2.05, 4.69) is 109 Å². The molecule has 0 amide bonds. The summed E-state index contributed by atoms with van der Waals surface area (Å²) in [5.41, 5.74) is 22.3. The van der Waals surface area contributed by atoms with Gasteiger partial charge < -0.3 is 24.4 Å². The van der Waals surface area contributed by atoms with Gasteiger partial charge in [0, 0.05) is 40.6 Å². The van der Waals surface area contributed by atoms with Crippen molar-refractivity contribution in [2.45, 2.75) is 147 Å². The van der Waals surface area contributed by atoms with Crippen molar-refractivity contribution < 1.29 is 19.1 Å². The van der Waals surface area contributed by atoms with Crippen molar-refractivity contribution in [3.8, 4) is 11.3 Å². The molecule has 0 aliphatic carbocycles. The van der Waals surface area contributed by atoms with E-state index >= 15 is 0 Å². The maximum Gasteiger partial charge on any atom is 0.306 e. The molecule has 6 heterocycles. The normalized spacial score (nSPS) is 12.9. The van der Waals surface area contributed by atoms with Crippen molar-refractivity contribution in [1.82, 2.24) is 24.9 Å². The number of esters is 2. The highest BCUT2D eigenvalue weighted by Crippen LogP contribution is 2.45. The molecule has 4 aromatic heterocycles. The van der Waals surface area contributed by atoms with Crippen LogP contribution >= 0.6 is 0 Å². The summed E-state index contributed by atoms with van der Waals surface area (Å²) in [4.78, 5) is 48.3. The summed E-state index contributed by atoms with van der Waals surface area (Å²) in [7, 11) is 0. The summed E-state index contributed by atoms with van der Waals surface area (Å²) >= 11 is 0. The molecule has 314 valence electrons. The van der Waals surface area contributed by atoms with E-state index in [9.17, 15) is 9.59 Å². The standard InChI is InChI=1S/C50H65N5O4/c1-12-17-23-58-45(56)21-19-37-30(8)39-25-41-28(6)35(15-4)49(54-41)47(48-32(10)34(14-3)33(11)51-48)50-36(16-5)29(7)42(55-50)26-40-31(9)38(44(53-40)27-43(37)52-39)20-22-46(57)59-24-18-13-2/h25-27,51-53H,12-24H2,1-11H3. The molecule has 0 atom stereocenters. The van der Waals surface area contributed by atoms with E-state index in [0.717, 1.165) is 134 Å². The van der Waals surface area contributed by atoms with Gasteiger partial charge in [-0.3, -0.25) is 9.59 Å². The van der Waals surface area contributed by atoms with Crippen LogP contribution in [-0.4, -0.2) is 50.1 Å². The third-order valence-electron chi connectivity index (χ3n) is 12.5. The number of unbranched alkanes of at least 4 members (excludes halogenated alkanes) is 2. The first-order valence-corrected chi connectivity index (χ1v) is 22.0. The Balaban J connectivity index is 1.71. The van der Waals surface area contributed by atoms with E-state index in [1.54, 1.807) is 0 Å². The molecule has 3 N–H and O–H groups in total. The van der Waals surface area contributed by atoms with Crippen LogP contribution in [0.15, 0.2) is 18.2 Å². The van der Waals surface area contributed by atoms with Gasteiger partial charge in [-0.2, -0.15) is 0 Å². The zero-order valence-corrected chi connectivity index (χ0v) is 37.5. The maximum absolute atomic E-state index is 13.0. The Morgan fingerprint density at radius 1 is 0.559 bits per heavy atom. The summed E-state index contributed by atoms with van der Waals surface area (Å²) in [6, 6.07) is 6.49. The van der Waals surface area contributed by atoms with Gasteiger partial charge in [0.1, 0.15) is 0 Å². The maximum atomic E-state index is 13.0. The van der Waals surface area contributed by atoms with Crippen LogP contribution in [0, 0.1) is 27.7 Å². The molecular formula is C50H65N5O4. The predicted octanol–water partition coefficient (Wildman–Crippen LogP) is 12.3. The van der Waals surface area contributed by atoms with Gasteiger partial charge in [-0.15, -0.1) is 0 Å². The van der Waals surface area contributed by atoms with E-state index in [1.807, 2.05) is 0 Å². The third-order valence-corrected chi connectivity index (χ3v) is 12.5. The van der Waals surface area contributed by atoms with E-state index in [4.69, 9.17) is 19.4 Å². The minimum absolute atomic E-state index is 0.193. The first-order chi connectivity index (χ1) is 28.4. The molecule has 0 saturated heterocycles. The lowest BCUT2D eigenvalue weighted by molar-refractivity contribution is -0.144. The molecular weight excluding hydrogens is 735 g/mol. The number of hydrogen-bond acceptors (Lipinski definition) is 6. The molecule has 0 radical (unpaired) electrons.